The lowest BCUT2D eigenvalue weighted by Gasteiger charge is -2.19. The number of fused-ring (bicyclic) bond motifs is 1. The molecule has 0 aromatic heterocycles. The van der Waals surface area contributed by atoms with Gasteiger partial charge in [-0.1, -0.05) is 54.9 Å². The van der Waals surface area contributed by atoms with E-state index in [9.17, 15) is 0 Å². The van der Waals surface area contributed by atoms with Crippen LogP contribution in [-0.4, -0.2) is 46.4 Å². The molecule has 1 saturated heterocycles. The van der Waals surface area contributed by atoms with Gasteiger partial charge in [0.15, 0.2) is 10.3 Å². The number of rotatable bonds is 3. The first kappa shape index (κ1) is 17.3. The molecule has 1 aliphatic carbocycles. The molecule has 25 heavy (non-hydrogen) atoms. The van der Waals surface area contributed by atoms with E-state index in [1.807, 2.05) is 11.8 Å². The Bertz CT molecular complexity index is 667. The second-order valence-electron chi connectivity index (χ2n) is 6.90. The van der Waals surface area contributed by atoms with Gasteiger partial charge in [-0.05, 0) is 36.8 Å². The van der Waals surface area contributed by atoms with Crippen molar-refractivity contribution >= 4 is 39.5 Å². The van der Waals surface area contributed by atoms with Crippen LogP contribution < -0.4 is 5.32 Å². The molecule has 0 bridgehead atoms. The summed E-state index contributed by atoms with van der Waals surface area (Å²) >= 11 is 3.60. The van der Waals surface area contributed by atoms with Gasteiger partial charge in [-0.15, -0.1) is 0 Å². The first-order valence-corrected chi connectivity index (χ1v) is 11.5. The van der Waals surface area contributed by atoms with Gasteiger partial charge in [-0.2, -0.15) is 0 Å². The number of amidine groups is 2. The molecule has 2 fully saturated rings. The summed E-state index contributed by atoms with van der Waals surface area (Å²) in [6.07, 6.45) is 8.59. The highest BCUT2D eigenvalue weighted by Gasteiger charge is 2.30. The zero-order valence-corrected chi connectivity index (χ0v) is 16.4. The second-order valence-corrected chi connectivity index (χ2v) is 8.76. The molecule has 134 valence electrons. The Kier molecular flexibility index (Phi) is 5.56. The van der Waals surface area contributed by atoms with Crippen molar-refractivity contribution in [2.75, 3.05) is 30.4 Å². The number of anilines is 1. The van der Waals surface area contributed by atoms with Gasteiger partial charge in [-0.3, -0.25) is 9.98 Å². The van der Waals surface area contributed by atoms with Gasteiger partial charge < -0.3 is 10.2 Å². The van der Waals surface area contributed by atoms with E-state index in [0.717, 1.165) is 23.9 Å². The summed E-state index contributed by atoms with van der Waals surface area (Å²) in [5, 5.41) is 5.80. The molecular weight excluding hydrogens is 348 g/mol. The molecule has 1 unspecified atom stereocenters. The maximum absolute atomic E-state index is 4.95. The molecule has 0 radical (unpaired) electrons. The predicted octanol–water partition coefficient (Wildman–Crippen LogP) is 4.61. The van der Waals surface area contributed by atoms with Gasteiger partial charge in [0, 0.05) is 24.5 Å². The molecule has 6 heteroatoms. The minimum Gasteiger partial charge on any atom is -0.348 e. The zero-order valence-electron chi connectivity index (χ0n) is 14.8. The summed E-state index contributed by atoms with van der Waals surface area (Å²) in [5.41, 5.74) is 2.42. The summed E-state index contributed by atoms with van der Waals surface area (Å²) in [7, 11) is 0. The standard InChI is InChI=1S/C19H26N4S2/c1-24-18(20-15-7-3-2-4-8-15)21-16-9-5-6-14(12-16)17-13-23-10-11-25-19(23)22-17/h5-6,9,12,15,17H,2-4,7-8,10-11,13H2,1H3,(H,20,21). The molecule has 0 amide bonds. The number of nitrogens with zero attached hydrogens (tertiary/aromatic N) is 3. The number of thioether (sulfide) groups is 2. The monoisotopic (exact) mass is 374 g/mol. The maximum atomic E-state index is 4.95. The lowest BCUT2D eigenvalue weighted by molar-refractivity contribution is 0.444. The van der Waals surface area contributed by atoms with E-state index in [1.54, 1.807) is 11.8 Å². The highest BCUT2D eigenvalue weighted by Crippen LogP contribution is 2.33. The Balaban J connectivity index is 1.45. The molecule has 1 N–H and O–H groups in total. The van der Waals surface area contributed by atoms with Gasteiger partial charge in [0.05, 0.1) is 12.1 Å². The average molecular weight is 375 g/mol. The molecule has 1 atom stereocenters. The first-order valence-electron chi connectivity index (χ1n) is 9.26. The number of benzene rings is 1. The largest absolute Gasteiger partial charge is 0.348 e. The number of aliphatic imine (C=N–C) groups is 2. The summed E-state index contributed by atoms with van der Waals surface area (Å²) in [6, 6.07) is 9.48. The molecular formula is C19H26N4S2. The van der Waals surface area contributed by atoms with Crippen molar-refractivity contribution in [1.82, 2.24) is 4.90 Å². The third-order valence-corrected chi connectivity index (χ3v) is 6.72. The molecule has 1 saturated carbocycles. The Morgan fingerprint density at radius 1 is 1.32 bits per heavy atom. The average Bonchev–Trinajstić information content (AvgIpc) is 3.24. The SMILES string of the molecule is CSC(=NC1CCCCC1)Nc1cccc(C2CN3CCSC3=N2)c1. The van der Waals surface area contributed by atoms with Crippen molar-refractivity contribution in [2.24, 2.45) is 9.98 Å². The van der Waals surface area contributed by atoms with Gasteiger partial charge >= 0.3 is 0 Å². The van der Waals surface area contributed by atoms with Crippen molar-refractivity contribution in [3.63, 3.8) is 0 Å². The van der Waals surface area contributed by atoms with E-state index in [1.165, 1.54) is 48.6 Å². The van der Waals surface area contributed by atoms with Crippen LogP contribution in [0.25, 0.3) is 0 Å². The van der Waals surface area contributed by atoms with Crippen LogP contribution in [0.15, 0.2) is 34.3 Å². The van der Waals surface area contributed by atoms with E-state index < -0.39 is 0 Å². The lowest BCUT2D eigenvalue weighted by atomic mass is 9.96. The molecule has 0 spiro atoms. The van der Waals surface area contributed by atoms with Crippen molar-refractivity contribution < 1.29 is 0 Å². The van der Waals surface area contributed by atoms with Crippen LogP contribution in [0.1, 0.15) is 43.7 Å². The van der Waals surface area contributed by atoms with Gasteiger partial charge in [0.2, 0.25) is 0 Å². The van der Waals surface area contributed by atoms with Crippen LogP contribution in [0.2, 0.25) is 0 Å². The Morgan fingerprint density at radius 3 is 3.00 bits per heavy atom. The predicted molar refractivity (Wildman–Crippen MR) is 112 cm³/mol. The van der Waals surface area contributed by atoms with Gasteiger partial charge in [-0.25, -0.2) is 0 Å². The lowest BCUT2D eigenvalue weighted by Crippen LogP contribution is -2.21. The quantitative estimate of drug-likeness (QED) is 0.619. The fourth-order valence-electron chi connectivity index (χ4n) is 3.74. The summed E-state index contributed by atoms with van der Waals surface area (Å²) < 4.78 is 0. The minimum atomic E-state index is 0.276. The van der Waals surface area contributed by atoms with Crippen LogP contribution >= 0.6 is 23.5 Å². The Labute approximate surface area is 159 Å². The number of hydrogen-bond donors (Lipinski definition) is 1. The van der Waals surface area contributed by atoms with E-state index in [0.29, 0.717) is 6.04 Å². The second kappa shape index (κ2) is 8.04. The molecule has 3 aliphatic rings. The summed E-state index contributed by atoms with van der Waals surface area (Å²) in [4.78, 5) is 12.3. The topological polar surface area (TPSA) is 40.0 Å². The maximum Gasteiger partial charge on any atom is 0.161 e. The number of nitrogens with one attached hydrogen (secondary N) is 1. The fourth-order valence-corrected chi connectivity index (χ4v) is 5.26. The van der Waals surface area contributed by atoms with Crippen molar-refractivity contribution in [3.05, 3.63) is 29.8 Å². The van der Waals surface area contributed by atoms with E-state index in [2.05, 4.69) is 40.7 Å². The third-order valence-electron chi connectivity index (χ3n) is 5.11. The Morgan fingerprint density at radius 2 is 2.20 bits per heavy atom. The summed E-state index contributed by atoms with van der Waals surface area (Å²) in [5.74, 6) is 1.18. The van der Waals surface area contributed by atoms with Crippen molar-refractivity contribution in [1.29, 1.82) is 0 Å². The van der Waals surface area contributed by atoms with Crippen molar-refractivity contribution in [3.8, 4) is 0 Å². The molecule has 4 nitrogen and oxygen atoms in total. The molecule has 4 rings (SSSR count). The smallest absolute Gasteiger partial charge is 0.161 e. The molecule has 1 aromatic carbocycles. The van der Waals surface area contributed by atoms with E-state index >= 15 is 0 Å². The molecule has 2 aliphatic heterocycles. The zero-order chi connectivity index (χ0) is 17.1. The van der Waals surface area contributed by atoms with Crippen molar-refractivity contribution in [2.45, 2.75) is 44.2 Å². The summed E-state index contributed by atoms with van der Waals surface area (Å²) in [6.45, 7) is 2.17. The van der Waals surface area contributed by atoms with Crippen LogP contribution in [0, 0.1) is 0 Å². The van der Waals surface area contributed by atoms with Crippen LogP contribution in [0.4, 0.5) is 5.69 Å². The minimum absolute atomic E-state index is 0.276. The fraction of sp³-hybridized carbons (Fsp3) is 0.579. The molecule has 1 aromatic rings. The van der Waals surface area contributed by atoms with E-state index in [-0.39, 0.29) is 6.04 Å². The third kappa shape index (κ3) is 4.17. The first-order chi connectivity index (χ1) is 12.3. The Hall–Kier alpha value is -1.14. The van der Waals surface area contributed by atoms with E-state index in [4.69, 9.17) is 9.98 Å². The van der Waals surface area contributed by atoms with Gasteiger partial charge in [0.25, 0.3) is 0 Å². The normalized spacial score (nSPS) is 24.4. The van der Waals surface area contributed by atoms with Crippen LogP contribution in [-0.2, 0) is 0 Å². The number of hydrogen-bond acceptors (Lipinski definition) is 5. The highest BCUT2D eigenvalue weighted by atomic mass is 32.2. The highest BCUT2D eigenvalue weighted by molar-refractivity contribution is 8.14. The molecule has 2 heterocycles. The van der Waals surface area contributed by atoms with Crippen LogP contribution in [0.5, 0.6) is 0 Å². The van der Waals surface area contributed by atoms with Gasteiger partial charge in [0.1, 0.15) is 0 Å². The van der Waals surface area contributed by atoms with Crippen LogP contribution in [0.3, 0.4) is 0 Å².